The van der Waals surface area contributed by atoms with E-state index in [2.05, 4.69) is 38.7 Å². The first kappa shape index (κ1) is 37.1. The molecule has 0 amide bonds. The van der Waals surface area contributed by atoms with E-state index in [4.69, 9.17) is 28.4 Å². The third-order valence-electron chi connectivity index (χ3n) is 8.12. The normalized spacial score (nSPS) is 32.5. The molecule has 3 aliphatic heterocycles. The van der Waals surface area contributed by atoms with Gasteiger partial charge in [-0.3, -0.25) is 0 Å². The number of hydrogen-bond donors (Lipinski definition) is 1. The van der Waals surface area contributed by atoms with Crippen LogP contribution < -0.4 is 0 Å². The van der Waals surface area contributed by atoms with Crippen molar-refractivity contribution < 1.29 is 38.3 Å². The molecule has 0 saturated carbocycles. The average molecular weight is 629 g/mol. The van der Waals surface area contributed by atoms with E-state index in [1.54, 1.807) is 14.0 Å². The Bertz CT molecular complexity index is 1060. The maximum Gasteiger partial charge on any atom is 0.330 e. The van der Waals surface area contributed by atoms with Crippen LogP contribution in [0.2, 0.25) is 0 Å². The molecular weight excluding hydrogens is 572 g/mol. The zero-order chi connectivity index (χ0) is 32.6. The molecule has 0 aromatic carbocycles. The molecule has 3 heterocycles. The topological polar surface area (TPSA) is 92.7 Å². The summed E-state index contributed by atoms with van der Waals surface area (Å²) in [6, 6.07) is 0. The zero-order valence-electron chi connectivity index (χ0n) is 28.0. The third-order valence-corrected chi connectivity index (χ3v) is 8.12. The second kappa shape index (κ2) is 20.0. The number of ether oxygens (including phenoxy) is 6. The largest absolute Gasteiger partial charge is 0.456 e. The Hall–Kier alpha value is -2.33. The Balaban J connectivity index is 1.87. The molecule has 3 aliphatic rings. The van der Waals surface area contributed by atoms with Gasteiger partial charge in [0.25, 0.3) is 0 Å². The summed E-state index contributed by atoms with van der Waals surface area (Å²) >= 11 is 0. The first-order chi connectivity index (χ1) is 21.6. The van der Waals surface area contributed by atoms with Crippen LogP contribution in [-0.2, 0) is 33.2 Å². The first-order valence-electron chi connectivity index (χ1n) is 16.5. The van der Waals surface area contributed by atoms with Gasteiger partial charge in [-0.25, -0.2) is 4.79 Å². The van der Waals surface area contributed by atoms with Crippen LogP contribution in [-0.4, -0.2) is 80.4 Å². The minimum absolute atomic E-state index is 0.0419. The van der Waals surface area contributed by atoms with Gasteiger partial charge in [-0.15, -0.1) is 0 Å². The number of cyclic esters (lactones) is 1. The summed E-state index contributed by atoms with van der Waals surface area (Å²) in [7, 11) is 1.56. The number of carbonyl (C=O) groups excluding carboxylic acids is 1. The van der Waals surface area contributed by atoms with E-state index < -0.39 is 24.3 Å². The van der Waals surface area contributed by atoms with Gasteiger partial charge in [-0.05, 0) is 71.6 Å². The summed E-state index contributed by atoms with van der Waals surface area (Å²) in [4.78, 5) is 13.1. The van der Waals surface area contributed by atoms with E-state index in [0.29, 0.717) is 38.2 Å². The molecule has 0 fully saturated rings. The second-order valence-electron chi connectivity index (χ2n) is 12.9. The number of aliphatic hydroxyl groups excluding tert-OH is 1. The maximum absolute atomic E-state index is 13.1. The molecule has 2 bridgehead atoms. The molecule has 0 saturated heterocycles. The summed E-state index contributed by atoms with van der Waals surface area (Å²) in [5, 5.41) is 9.93. The van der Waals surface area contributed by atoms with Crippen molar-refractivity contribution in [1.82, 2.24) is 0 Å². The number of methoxy groups -OCH3 is 1. The molecular formula is C37H56O8. The van der Waals surface area contributed by atoms with Crippen molar-refractivity contribution in [3.8, 4) is 0 Å². The molecule has 9 atom stereocenters. The zero-order valence-corrected chi connectivity index (χ0v) is 28.0. The molecule has 8 nitrogen and oxygen atoms in total. The molecule has 1 N–H and O–H groups in total. The minimum Gasteiger partial charge on any atom is -0.456 e. The van der Waals surface area contributed by atoms with Crippen LogP contribution in [0.5, 0.6) is 0 Å². The number of fused-ring (bicyclic) bond motifs is 2. The molecule has 1 unspecified atom stereocenters. The van der Waals surface area contributed by atoms with Crippen molar-refractivity contribution in [3.63, 3.8) is 0 Å². The van der Waals surface area contributed by atoms with Gasteiger partial charge in [-0.2, -0.15) is 0 Å². The number of hydrogen-bond acceptors (Lipinski definition) is 8. The van der Waals surface area contributed by atoms with Gasteiger partial charge in [0.1, 0.15) is 19.0 Å². The fourth-order valence-corrected chi connectivity index (χ4v) is 6.07. The number of rotatable bonds is 10. The highest BCUT2D eigenvalue weighted by molar-refractivity contribution is 5.82. The van der Waals surface area contributed by atoms with Gasteiger partial charge in [0, 0.05) is 19.6 Å². The van der Waals surface area contributed by atoms with E-state index in [-0.39, 0.29) is 37.3 Å². The lowest BCUT2D eigenvalue weighted by atomic mass is 9.91. The third kappa shape index (κ3) is 14.8. The number of carbonyl (C=O) groups is 1. The molecule has 0 spiro atoms. The SMILES string of the molecule is C=C1CC(O[C@@H](C)C[C@H](C)O)/C=C/C[C@@H]([C@H](/C=C/[C@@H]2CC(C)=CCO2)OCOC)OC(=O)/C=C\C[C@@H]2C=CC[C@@H](C[C@@H](C)C1)O2. The fourth-order valence-electron chi connectivity index (χ4n) is 6.07. The van der Waals surface area contributed by atoms with Crippen molar-refractivity contribution in [2.75, 3.05) is 20.5 Å². The standard InChI is InChI=1S/C37H56O8/c1-26-18-19-41-32(21-26)16-17-35(42-25-40-6)36-14-8-13-33(43-30(5)24-29(4)38)22-27(2)20-28(3)23-34-12-7-10-31(44-34)11-9-15-37(39)45-36/h7-10,13,15-18,28-36,38H,2,11-12,14,19-25H2,1,3-6H3/b13-8+,15-9-,17-16+/t28-,29-,30-,31-,32+,33?,34-,35-,36-/m0/s1. The van der Waals surface area contributed by atoms with E-state index in [1.165, 1.54) is 11.6 Å². The van der Waals surface area contributed by atoms with E-state index in [9.17, 15) is 9.90 Å². The summed E-state index contributed by atoms with van der Waals surface area (Å²) in [5.41, 5.74) is 2.38. The Kier molecular flexibility index (Phi) is 16.5. The maximum atomic E-state index is 13.1. The van der Waals surface area contributed by atoms with Gasteiger partial charge in [0.05, 0.1) is 43.2 Å². The number of esters is 1. The minimum atomic E-state index is -0.627. The predicted octanol–water partition coefficient (Wildman–Crippen LogP) is 6.71. The van der Waals surface area contributed by atoms with Gasteiger partial charge >= 0.3 is 5.97 Å². The Morgan fingerprint density at radius 3 is 2.67 bits per heavy atom. The first-order valence-corrected chi connectivity index (χ1v) is 16.5. The van der Waals surface area contributed by atoms with Crippen LogP contribution in [0.1, 0.15) is 79.1 Å². The summed E-state index contributed by atoms with van der Waals surface area (Å²) in [5.74, 6) is -0.0424. The lowest BCUT2D eigenvalue weighted by Crippen LogP contribution is -2.33. The second-order valence-corrected chi connectivity index (χ2v) is 12.9. The molecule has 45 heavy (non-hydrogen) atoms. The Morgan fingerprint density at radius 2 is 1.91 bits per heavy atom. The van der Waals surface area contributed by atoms with Crippen LogP contribution in [0.4, 0.5) is 0 Å². The van der Waals surface area contributed by atoms with Crippen LogP contribution in [0.3, 0.4) is 0 Å². The van der Waals surface area contributed by atoms with Gasteiger partial charge in [0.2, 0.25) is 0 Å². The van der Waals surface area contributed by atoms with Crippen molar-refractivity contribution in [1.29, 1.82) is 0 Å². The summed E-state index contributed by atoms with van der Waals surface area (Å²) < 4.78 is 35.9. The average Bonchev–Trinajstić information content (AvgIpc) is 2.96. The molecule has 0 aliphatic carbocycles. The smallest absolute Gasteiger partial charge is 0.330 e. The van der Waals surface area contributed by atoms with Crippen molar-refractivity contribution in [2.45, 2.75) is 128 Å². The molecule has 0 radical (unpaired) electrons. The van der Waals surface area contributed by atoms with Crippen molar-refractivity contribution in [2.24, 2.45) is 5.92 Å². The highest BCUT2D eigenvalue weighted by Gasteiger charge is 2.25. The Morgan fingerprint density at radius 1 is 1.11 bits per heavy atom. The summed E-state index contributed by atoms with van der Waals surface area (Å²) in [6.07, 6.45) is 21.1. The van der Waals surface area contributed by atoms with Crippen LogP contribution in [0.25, 0.3) is 0 Å². The fraction of sp³-hybridized carbons (Fsp3) is 0.649. The lowest BCUT2D eigenvalue weighted by Gasteiger charge is -2.28. The highest BCUT2D eigenvalue weighted by Crippen LogP contribution is 2.27. The monoisotopic (exact) mass is 628 g/mol. The van der Waals surface area contributed by atoms with E-state index in [0.717, 1.165) is 31.3 Å². The molecule has 0 aromatic heterocycles. The Labute approximate surface area is 270 Å². The van der Waals surface area contributed by atoms with Crippen LogP contribution in [0.15, 0.2) is 72.4 Å². The van der Waals surface area contributed by atoms with Gasteiger partial charge in [-0.1, -0.05) is 73.3 Å². The molecule has 252 valence electrons. The van der Waals surface area contributed by atoms with E-state index >= 15 is 0 Å². The van der Waals surface area contributed by atoms with Crippen LogP contribution >= 0.6 is 0 Å². The van der Waals surface area contributed by atoms with Crippen molar-refractivity contribution in [3.05, 3.63) is 72.4 Å². The predicted molar refractivity (Wildman–Crippen MR) is 177 cm³/mol. The molecule has 8 heteroatoms. The molecule has 3 rings (SSSR count). The molecule has 0 aromatic rings. The number of aliphatic hydroxyl groups is 1. The highest BCUT2D eigenvalue weighted by atomic mass is 16.7. The van der Waals surface area contributed by atoms with Crippen LogP contribution in [0, 0.1) is 5.92 Å². The summed E-state index contributed by atoms with van der Waals surface area (Å²) in [6.45, 7) is 13.1. The lowest BCUT2D eigenvalue weighted by molar-refractivity contribution is -0.154. The quantitative estimate of drug-likeness (QED) is 0.162. The van der Waals surface area contributed by atoms with Crippen molar-refractivity contribution >= 4 is 5.97 Å². The van der Waals surface area contributed by atoms with E-state index in [1.807, 2.05) is 37.3 Å². The van der Waals surface area contributed by atoms with Gasteiger partial charge < -0.3 is 33.5 Å². The van der Waals surface area contributed by atoms with Gasteiger partial charge in [0.15, 0.2) is 0 Å².